The van der Waals surface area contributed by atoms with Crippen molar-refractivity contribution >= 4 is 0 Å². The number of likely N-dealkylation sites (N-methyl/N-ethyl adjacent to an activating group) is 1. The maximum atomic E-state index is 9.43. The third-order valence-electron chi connectivity index (χ3n) is 4.18. The normalized spacial score (nSPS) is 18.4. The van der Waals surface area contributed by atoms with Crippen molar-refractivity contribution in [3.63, 3.8) is 0 Å². The number of aromatic hydroxyl groups is 1. The molecule has 0 aliphatic heterocycles. The van der Waals surface area contributed by atoms with Crippen molar-refractivity contribution in [2.24, 2.45) is 0 Å². The zero-order valence-electron chi connectivity index (χ0n) is 11.4. The fourth-order valence-electron chi connectivity index (χ4n) is 2.92. The Hall–Kier alpha value is -1.06. The molecular weight excluding hydrogens is 224 g/mol. The van der Waals surface area contributed by atoms with Gasteiger partial charge in [-0.25, -0.2) is 0 Å². The number of phenols is 1. The van der Waals surface area contributed by atoms with Gasteiger partial charge >= 0.3 is 0 Å². The molecule has 0 bridgehead atoms. The van der Waals surface area contributed by atoms with Gasteiger partial charge in [-0.15, -0.1) is 0 Å². The SMILES string of the molecule is CN(C)C1(CNCc2cccc(O)c2)CCCC1. The predicted octanol–water partition coefficient (Wildman–Crippen LogP) is 2.36. The van der Waals surface area contributed by atoms with Crippen LogP contribution >= 0.6 is 0 Å². The Kier molecular flexibility index (Phi) is 4.25. The molecule has 1 aromatic carbocycles. The minimum absolute atomic E-state index is 0.330. The predicted molar refractivity (Wildman–Crippen MR) is 74.7 cm³/mol. The number of hydrogen-bond donors (Lipinski definition) is 2. The first-order chi connectivity index (χ1) is 8.62. The van der Waals surface area contributed by atoms with Gasteiger partial charge in [0.2, 0.25) is 0 Å². The lowest BCUT2D eigenvalue weighted by atomic mass is 9.96. The monoisotopic (exact) mass is 248 g/mol. The molecule has 1 aliphatic rings. The molecule has 1 aromatic rings. The molecule has 100 valence electrons. The maximum absolute atomic E-state index is 9.43. The smallest absolute Gasteiger partial charge is 0.115 e. The lowest BCUT2D eigenvalue weighted by Crippen LogP contribution is -2.49. The topological polar surface area (TPSA) is 35.5 Å². The maximum Gasteiger partial charge on any atom is 0.115 e. The zero-order chi connectivity index (χ0) is 13.0. The first-order valence-electron chi connectivity index (χ1n) is 6.78. The van der Waals surface area contributed by atoms with E-state index < -0.39 is 0 Å². The molecule has 2 N–H and O–H groups in total. The molecule has 1 fully saturated rings. The van der Waals surface area contributed by atoms with Crippen LogP contribution in [0.3, 0.4) is 0 Å². The third-order valence-corrected chi connectivity index (χ3v) is 4.18. The van der Waals surface area contributed by atoms with E-state index in [1.807, 2.05) is 18.2 Å². The summed E-state index contributed by atoms with van der Waals surface area (Å²) in [5, 5.41) is 13.0. The molecule has 3 nitrogen and oxygen atoms in total. The fraction of sp³-hybridized carbons (Fsp3) is 0.600. The van der Waals surface area contributed by atoms with Crippen LogP contribution in [0.1, 0.15) is 31.2 Å². The summed E-state index contributed by atoms with van der Waals surface area (Å²) < 4.78 is 0. The molecule has 3 heteroatoms. The molecular formula is C15H24N2O. The van der Waals surface area contributed by atoms with Crippen molar-refractivity contribution in [1.29, 1.82) is 0 Å². The van der Waals surface area contributed by atoms with E-state index in [-0.39, 0.29) is 0 Å². The molecule has 2 rings (SSSR count). The number of benzene rings is 1. The van der Waals surface area contributed by atoms with Gasteiger partial charge in [0.05, 0.1) is 0 Å². The van der Waals surface area contributed by atoms with Crippen molar-refractivity contribution in [3.8, 4) is 5.75 Å². The van der Waals surface area contributed by atoms with Gasteiger partial charge in [0, 0.05) is 18.6 Å². The van der Waals surface area contributed by atoms with E-state index in [2.05, 4.69) is 24.3 Å². The summed E-state index contributed by atoms with van der Waals surface area (Å²) in [5.74, 6) is 0.345. The summed E-state index contributed by atoms with van der Waals surface area (Å²) in [7, 11) is 4.36. The second-order valence-electron chi connectivity index (χ2n) is 5.60. The van der Waals surface area contributed by atoms with Crippen molar-refractivity contribution in [2.45, 2.75) is 37.8 Å². The van der Waals surface area contributed by atoms with E-state index in [0.29, 0.717) is 11.3 Å². The Morgan fingerprint density at radius 2 is 2.00 bits per heavy atom. The third kappa shape index (κ3) is 3.03. The number of nitrogens with one attached hydrogen (secondary N) is 1. The minimum Gasteiger partial charge on any atom is -0.508 e. The first-order valence-corrected chi connectivity index (χ1v) is 6.78. The second kappa shape index (κ2) is 5.72. The number of rotatable bonds is 5. The molecule has 0 amide bonds. The zero-order valence-corrected chi connectivity index (χ0v) is 11.4. The average molecular weight is 248 g/mol. The Labute approximate surface area is 110 Å². The highest BCUT2D eigenvalue weighted by molar-refractivity contribution is 5.26. The van der Waals surface area contributed by atoms with E-state index in [4.69, 9.17) is 0 Å². The van der Waals surface area contributed by atoms with Crippen molar-refractivity contribution < 1.29 is 5.11 Å². The molecule has 0 spiro atoms. The van der Waals surface area contributed by atoms with E-state index in [9.17, 15) is 5.11 Å². The number of phenolic OH excluding ortho intramolecular Hbond substituents is 1. The van der Waals surface area contributed by atoms with Crippen molar-refractivity contribution in [1.82, 2.24) is 10.2 Å². The molecule has 0 atom stereocenters. The van der Waals surface area contributed by atoms with E-state index in [1.165, 1.54) is 25.7 Å². The van der Waals surface area contributed by atoms with Crippen LogP contribution in [0.5, 0.6) is 5.75 Å². The van der Waals surface area contributed by atoms with Crippen LogP contribution in [0.15, 0.2) is 24.3 Å². The Bertz CT molecular complexity index is 384. The summed E-state index contributed by atoms with van der Waals surface area (Å²) >= 11 is 0. The quantitative estimate of drug-likeness (QED) is 0.839. The first kappa shape index (κ1) is 13.4. The van der Waals surface area contributed by atoms with Crippen LogP contribution in [0.25, 0.3) is 0 Å². The summed E-state index contributed by atoms with van der Waals surface area (Å²) in [4.78, 5) is 2.37. The van der Waals surface area contributed by atoms with E-state index >= 15 is 0 Å². The molecule has 0 unspecified atom stereocenters. The standard InChI is InChI=1S/C15H24N2O/c1-17(2)15(8-3-4-9-15)12-16-11-13-6-5-7-14(18)10-13/h5-7,10,16,18H,3-4,8-9,11-12H2,1-2H3. The highest BCUT2D eigenvalue weighted by Gasteiger charge is 2.35. The van der Waals surface area contributed by atoms with Gasteiger partial charge in [-0.05, 0) is 44.6 Å². The van der Waals surface area contributed by atoms with E-state index in [0.717, 1.165) is 18.7 Å². The molecule has 18 heavy (non-hydrogen) atoms. The summed E-state index contributed by atoms with van der Waals surface area (Å²) in [6.45, 7) is 1.85. The number of nitrogens with zero attached hydrogens (tertiary/aromatic N) is 1. The van der Waals surface area contributed by atoms with Crippen LogP contribution in [-0.4, -0.2) is 36.2 Å². The van der Waals surface area contributed by atoms with Crippen LogP contribution in [0.2, 0.25) is 0 Å². The molecule has 0 aromatic heterocycles. The fourth-order valence-corrected chi connectivity index (χ4v) is 2.92. The highest BCUT2D eigenvalue weighted by atomic mass is 16.3. The van der Waals surface area contributed by atoms with Gasteiger partial charge in [0.1, 0.15) is 5.75 Å². The van der Waals surface area contributed by atoms with Crippen LogP contribution in [0, 0.1) is 0 Å². The van der Waals surface area contributed by atoms with Crippen LogP contribution in [0.4, 0.5) is 0 Å². The number of hydrogen-bond acceptors (Lipinski definition) is 3. The Morgan fingerprint density at radius 3 is 2.61 bits per heavy atom. The van der Waals surface area contributed by atoms with Crippen LogP contribution < -0.4 is 5.32 Å². The summed E-state index contributed by atoms with van der Waals surface area (Å²) in [5.41, 5.74) is 1.47. The minimum atomic E-state index is 0.330. The Balaban J connectivity index is 1.87. The van der Waals surface area contributed by atoms with Crippen molar-refractivity contribution in [2.75, 3.05) is 20.6 Å². The Morgan fingerprint density at radius 1 is 1.28 bits per heavy atom. The average Bonchev–Trinajstić information content (AvgIpc) is 2.79. The van der Waals surface area contributed by atoms with Gasteiger partial charge < -0.3 is 15.3 Å². The van der Waals surface area contributed by atoms with Gasteiger partial charge in [-0.3, -0.25) is 0 Å². The molecule has 0 saturated heterocycles. The molecule has 0 radical (unpaired) electrons. The van der Waals surface area contributed by atoms with Crippen LogP contribution in [-0.2, 0) is 6.54 Å². The molecule has 0 heterocycles. The van der Waals surface area contributed by atoms with E-state index in [1.54, 1.807) is 6.07 Å². The lowest BCUT2D eigenvalue weighted by molar-refractivity contribution is 0.153. The largest absolute Gasteiger partial charge is 0.508 e. The second-order valence-corrected chi connectivity index (χ2v) is 5.60. The lowest BCUT2D eigenvalue weighted by Gasteiger charge is -2.36. The van der Waals surface area contributed by atoms with Gasteiger partial charge in [0.15, 0.2) is 0 Å². The van der Waals surface area contributed by atoms with Crippen molar-refractivity contribution in [3.05, 3.63) is 29.8 Å². The molecule has 1 aliphatic carbocycles. The summed E-state index contributed by atoms with van der Waals surface area (Å²) in [6.07, 6.45) is 5.25. The van der Waals surface area contributed by atoms with Gasteiger partial charge in [-0.2, -0.15) is 0 Å². The highest BCUT2D eigenvalue weighted by Crippen LogP contribution is 2.33. The van der Waals surface area contributed by atoms with Gasteiger partial charge in [-0.1, -0.05) is 25.0 Å². The van der Waals surface area contributed by atoms with Gasteiger partial charge in [0.25, 0.3) is 0 Å². The molecule has 1 saturated carbocycles. The summed E-state index contributed by atoms with van der Waals surface area (Å²) in [6, 6.07) is 7.47.